The fraction of sp³-hybridized carbons (Fsp3) is 0.0667. The molecule has 4 nitrogen and oxygen atoms in total. The quantitative estimate of drug-likeness (QED) is 0.754. The molecule has 3 rings (SSSR count). The molecule has 0 radical (unpaired) electrons. The molecule has 5 heteroatoms. The molecule has 0 aliphatic carbocycles. The Kier molecular flexibility index (Phi) is 3.16. The summed E-state index contributed by atoms with van der Waals surface area (Å²) in [4.78, 5) is 4.35. The first-order valence-corrected chi connectivity index (χ1v) is 6.57. The van der Waals surface area contributed by atoms with Crippen molar-refractivity contribution in [3.05, 3.63) is 53.2 Å². The predicted molar refractivity (Wildman–Crippen MR) is 81.4 cm³/mol. The maximum atomic E-state index is 6.19. The third-order valence-electron chi connectivity index (χ3n) is 3.25. The van der Waals surface area contributed by atoms with Crippen LogP contribution >= 0.6 is 11.6 Å². The Hall–Kier alpha value is -2.33. The van der Waals surface area contributed by atoms with Gasteiger partial charge in [0, 0.05) is 16.8 Å². The summed E-state index contributed by atoms with van der Waals surface area (Å²) in [6.45, 7) is 1.97. The highest BCUT2D eigenvalue weighted by molar-refractivity contribution is 6.31. The van der Waals surface area contributed by atoms with Crippen LogP contribution in [0.4, 0.5) is 5.82 Å². The highest BCUT2D eigenvalue weighted by atomic mass is 35.5. The number of rotatable bonds is 2. The van der Waals surface area contributed by atoms with Crippen molar-refractivity contribution in [3.63, 3.8) is 0 Å². The Bertz CT molecular complexity index is 750. The van der Waals surface area contributed by atoms with Gasteiger partial charge in [0.15, 0.2) is 5.82 Å². The highest BCUT2D eigenvalue weighted by Gasteiger charge is 2.17. The Morgan fingerprint density at radius 2 is 2.00 bits per heavy atom. The normalized spacial score (nSPS) is 10.7. The molecule has 2 heterocycles. The summed E-state index contributed by atoms with van der Waals surface area (Å²) in [7, 11) is 0. The SMILES string of the molecule is Cc1c(Cl)cccc1-c1[nH]nc(N)c1-c1ccccn1. The third-order valence-corrected chi connectivity index (χ3v) is 3.66. The molecule has 1 aromatic carbocycles. The smallest absolute Gasteiger partial charge is 0.155 e. The zero-order valence-electron chi connectivity index (χ0n) is 10.9. The summed E-state index contributed by atoms with van der Waals surface area (Å²) in [6, 6.07) is 11.4. The van der Waals surface area contributed by atoms with Gasteiger partial charge in [0.05, 0.1) is 17.0 Å². The van der Waals surface area contributed by atoms with Crippen molar-refractivity contribution in [1.82, 2.24) is 15.2 Å². The van der Waals surface area contributed by atoms with Gasteiger partial charge in [-0.25, -0.2) is 0 Å². The number of benzene rings is 1. The largest absolute Gasteiger partial charge is 0.382 e. The summed E-state index contributed by atoms with van der Waals surface area (Å²) in [6.07, 6.45) is 1.73. The number of halogens is 1. The molecular weight excluding hydrogens is 272 g/mol. The zero-order valence-corrected chi connectivity index (χ0v) is 11.6. The predicted octanol–water partition coefficient (Wildman–Crippen LogP) is 3.68. The number of pyridine rings is 1. The number of aromatic amines is 1. The van der Waals surface area contributed by atoms with Crippen molar-refractivity contribution in [1.29, 1.82) is 0 Å². The van der Waals surface area contributed by atoms with E-state index < -0.39 is 0 Å². The molecule has 0 spiro atoms. The number of anilines is 1. The molecule has 0 atom stereocenters. The van der Waals surface area contributed by atoms with Gasteiger partial charge in [-0.2, -0.15) is 5.10 Å². The summed E-state index contributed by atoms with van der Waals surface area (Å²) in [5.41, 5.74) is 10.4. The van der Waals surface area contributed by atoms with Crippen LogP contribution in [0.5, 0.6) is 0 Å². The maximum Gasteiger partial charge on any atom is 0.155 e. The molecule has 0 fully saturated rings. The summed E-state index contributed by atoms with van der Waals surface area (Å²) in [5, 5.41) is 7.80. The summed E-state index contributed by atoms with van der Waals surface area (Å²) in [5.74, 6) is 0.429. The Morgan fingerprint density at radius 3 is 2.75 bits per heavy atom. The average Bonchev–Trinajstić information content (AvgIpc) is 2.84. The fourth-order valence-electron chi connectivity index (χ4n) is 2.20. The van der Waals surface area contributed by atoms with Gasteiger partial charge in [-0.1, -0.05) is 29.8 Å². The van der Waals surface area contributed by atoms with E-state index in [4.69, 9.17) is 17.3 Å². The van der Waals surface area contributed by atoms with Gasteiger partial charge in [-0.15, -0.1) is 0 Å². The first kappa shape index (κ1) is 12.7. The highest BCUT2D eigenvalue weighted by Crippen LogP contribution is 2.36. The molecule has 0 aliphatic heterocycles. The van der Waals surface area contributed by atoms with Crippen LogP contribution < -0.4 is 5.73 Å². The van der Waals surface area contributed by atoms with Gasteiger partial charge in [-0.05, 0) is 30.7 Å². The van der Waals surface area contributed by atoms with Crippen LogP contribution in [0.25, 0.3) is 22.5 Å². The third kappa shape index (κ3) is 2.04. The zero-order chi connectivity index (χ0) is 14.1. The fourth-order valence-corrected chi connectivity index (χ4v) is 2.37. The molecule has 0 unspecified atom stereocenters. The standard InChI is InChI=1S/C15H13ClN4/c1-9-10(5-4-6-11(9)16)14-13(15(17)20-19-14)12-7-2-3-8-18-12/h2-8H,1H3,(H3,17,19,20). The monoisotopic (exact) mass is 284 g/mol. The first-order valence-electron chi connectivity index (χ1n) is 6.19. The van der Waals surface area contributed by atoms with Gasteiger partial charge in [0.25, 0.3) is 0 Å². The van der Waals surface area contributed by atoms with E-state index in [-0.39, 0.29) is 0 Å². The molecular formula is C15H13ClN4. The Labute approximate surface area is 121 Å². The van der Waals surface area contributed by atoms with Gasteiger partial charge in [0.2, 0.25) is 0 Å². The van der Waals surface area contributed by atoms with E-state index in [1.165, 1.54) is 0 Å². The Morgan fingerprint density at radius 1 is 1.15 bits per heavy atom. The minimum absolute atomic E-state index is 0.429. The van der Waals surface area contributed by atoms with Crippen molar-refractivity contribution in [2.75, 3.05) is 5.73 Å². The number of nitrogen functional groups attached to an aromatic ring is 1. The van der Waals surface area contributed by atoms with Crippen LogP contribution in [-0.2, 0) is 0 Å². The van der Waals surface area contributed by atoms with E-state index in [0.717, 1.165) is 28.1 Å². The molecule has 0 saturated carbocycles. The van der Waals surface area contributed by atoms with Crippen molar-refractivity contribution in [2.45, 2.75) is 6.92 Å². The summed E-state index contributed by atoms with van der Waals surface area (Å²) < 4.78 is 0. The second-order valence-electron chi connectivity index (χ2n) is 4.49. The van der Waals surface area contributed by atoms with Gasteiger partial charge in [0.1, 0.15) is 0 Å². The summed E-state index contributed by atoms with van der Waals surface area (Å²) >= 11 is 6.19. The van der Waals surface area contributed by atoms with E-state index >= 15 is 0 Å². The lowest BCUT2D eigenvalue weighted by molar-refractivity contribution is 1.10. The molecule has 0 bridgehead atoms. The van der Waals surface area contributed by atoms with Crippen LogP contribution in [0.2, 0.25) is 5.02 Å². The van der Waals surface area contributed by atoms with Crippen LogP contribution in [0.15, 0.2) is 42.6 Å². The number of H-pyrrole nitrogens is 1. The van der Waals surface area contributed by atoms with E-state index in [9.17, 15) is 0 Å². The van der Waals surface area contributed by atoms with Crippen LogP contribution in [0, 0.1) is 6.92 Å². The van der Waals surface area contributed by atoms with Crippen LogP contribution in [-0.4, -0.2) is 15.2 Å². The molecule has 2 aromatic heterocycles. The van der Waals surface area contributed by atoms with Gasteiger partial charge < -0.3 is 5.73 Å². The topological polar surface area (TPSA) is 67.6 Å². The van der Waals surface area contributed by atoms with E-state index in [2.05, 4.69) is 15.2 Å². The molecule has 20 heavy (non-hydrogen) atoms. The molecule has 3 aromatic rings. The van der Waals surface area contributed by atoms with E-state index in [0.29, 0.717) is 10.8 Å². The van der Waals surface area contributed by atoms with Crippen molar-refractivity contribution < 1.29 is 0 Å². The maximum absolute atomic E-state index is 6.19. The second-order valence-corrected chi connectivity index (χ2v) is 4.89. The lowest BCUT2D eigenvalue weighted by Gasteiger charge is -2.08. The first-order chi connectivity index (χ1) is 9.68. The lowest BCUT2D eigenvalue weighted by Crippen LogP contribution is -1.92. The minimum atomic E-state index is 0.429. The van der Waals surface area contributed by atoms with Crippen molar-refractivity contribution in [3.8, 4) is 22.5 Å². The number of nitrogens with two attached hydrogens (primary N) is 1. The minimum Gasteiger partial charge on any atom is -0.382 e. The molecule has 0 amide bonds. The average molecular weight is 285 g/mol. The van der Waals surface area contributed by atoms with Crippen molar-refractivity contribution >= 4 is 17.4 Å². The van der Waals surface area contributed by atoms with E-state index in [1.54, 1.807) is 6.20 Å². The number of aromatic nitrogens is 3. The van der Waals surface area contributed by atoms with Gasteiger partial charge in [-0.3, -0.25) is 10.1 Å². The van der Waals surface area contributed by atoms with Gasteiger partial charge >= 0.3 is 0 Å². The molecule has 3 N–H and O–H groups in total. The molecule has 0 saturated heterocycles. The van der Waals surface area contributed by atoms with Crippen molar-refractivity contribution in [2.24, 2.45) is 0 Å². The van der Waals surface area contributed by atoms with E-state index in [1.807, 2.05) is 43.3 Å². The molecule has 0 aliphatic rings. The van der Waals surface area contributed by atoms with Crippen LogP contribution in [0.1, 0.15) is 5.56 Å². The molecule has 100 valence electrons. The second kappa shape index (κ2) is 4.98. The number of nitrogens with one attached hydrogen (secondary N) is 1. The lowest BCUT2D eigenvalue weighted by atomic mass is 10.0. The Balaban J connectivity index is 2.24. The van der Waals surface area contributed by atoms with Crippen LogP contribution in [0.3, 0.4) is 0 Å². The number of hydrogen-bond acceptors (Lipinski definition) is 3. The number of hydrogen-bond donors (Lipinski definition) is 2. The number of nitrogens with zero attached hydrogens (tertiary/aromatic N) is 2.